The highest BCUT2D eigenvalue weighted by Gasteiger charge is 2.30. The minimum Gasteiger partial charge on any atom is -0.487 e. The molecule has 1 aliphatic rings. The standard InChI is InChI=1S/C23H26F3N5O/c1-30(2)22-17(5-4-9-27-22)14-31-10-8-16(13-31)21-12-19(28-29-21)15-32-20-7-3-6-18(11-20)23(24,25)26/h3-7,9,11-12,16H,8,10,13-15H2,1-2H3,(H,28,29). The van der Waals surface area contributed by atoms with Crippen LogP contribution in [0.1, 0.15) is 34.9 Å². The average molecular weight is 445 g/mol. The van der Waals surface area contributed by atoms with Gasteiger partial charge in [0.25, 0.3) is 0 Å². The van der Waals surface area contributed by atoms with Crippen LogP contribution in [0.15, 0.2) is 48.7 Å². The first-order valence-electron chi connectivity index (χ1n) is 10.5. The summed E-state index contributed by atoms with van der Waals surface area (Å²) in [5, 5.41) is 7.38. The Morgan fingerprint density at radius 2 is 2.03 bits per heavy atom. The monoisotopic (exact) mass is 445 g/mol. The number of rotatable bonds is 7. The van der Waals surface area contributed by atoms with Crippen molar-refractivity contribution in [2.75, 3.05) is 32.1 Å². The van der Waals surface area contributed by atoms with Crippen molar-refractivity contribution >= 4 is 5.82 Å². The molecule has 4 rings (SSSR count). The van der Waals surface area contributed by atoms with Crippen molar-refractivity contribution in [3.63, 3.8) is 0 Å². The van der Waals surface area contributed by atoms with E-state index in [0.29, 0.717) is 5.92 Å². The Morgan fingerprint density at radius 1 is 1.19 bits per heavy atom. The number of benzene rings is 1. The highest BCUT2D eigenvalue weighted by Crippen LogP contribution is 2.32. The fourth-order valence-corrected chi connectivity index (χ4v) is 4.00. The van der Waals surface area contributed by atoms with E-state index < -0.39 is 11.7 Å². The van der Waals surface area contributed by atoms with Crippen molar-refractivity contribution < 1.29 is 17.9 Å². The zero-order valence-electron chi connectivity index (χ0n) is 18.1. The molecular weight excluding hydrogens is 419 g/mol. The molecule has 1 fully saturated rings. The minimum atomic E-state index is -4.39. The van der Waals surface area contributed by atoms with Gasteiger partial charge in [0.05, 0.1) is 17.0 Å². The van der Waals surface area contributed by atoms with E-state index in [4.69, 9.17) is 4.74 Å². The van der Waals surface area contributed by atoms with Gasteiger partial charge in [-0.05, 0) is 43.3 Å². The van der Waals surface area contributed by atoms with Crippen LogP contribution in [-0.2, 0) is 19.3 Å². The molecule has 0 spiro atoms. The molecule has 32 heavy (non-hydrogen) atoms. The van der Waals surface area contributed by atoms with Gasteiger partial charge >= 0.3 is 6.18 Å². The lowest BCUT2D eigenvalue weighted by Gasteiger charge is -2.20. The average Bonchev–Trinajstić information content (AvgIpc) is 3.41. The highest BCUT2D eigenvalue weighted by molar-refractivity contribution is 5.45. The van der Waals surface area contributed by atoms with Gasteiger partial charge in [0.15, 0.2) is 0 Å². The summed E-state index contributed by atoms with van der Waals surface area (Å²) >= 11 is 0. The van der Waals surface area contributed by atoms with Crippen LogP contribution in [0.3, 0.4) is 0 Å². The Morgan fingerprint density at radius 3 is 2.81 bits per heavy atom. The van der Waals surface area contributed by atoms with Crippen molar-refractivity contribution in [1.82, 2.24) is 20.1 Å². The van der Waals surface area contributed by atoms with Gasteiger partial charge in [-0.2, -0.15) is 18.3 Å². The maximum Gasteiger partial charge on any atom is 0.416 e. The predicted octanol–water partition coefficient (Wildman–Crippen LogP) is 4.46. The Balaban J connectivity index is 1.34. The van der Waals surface area contributed by atoms with Crippen LogP contribution >= 0.6 is 0 Å². The maximum atomic E-state index is 12.9. The molecule has 0 saturated carbocycles. The summed E-state index contributed by atoms with van der Waals surface area (Å²) in [7, 11) is 3.98. The zero-order chi connectivity index (χ0) is 22.7. The lowest BCUT2D eigenvalue weighted by atomic mass is 10.1. The number of anilines is 1. The number of alkyl halides is 3. The number of pyridine rings is 1. The van der Waals surface area contributed by atoms with Gasteiger partial charge in [-0.3, -0.25) is 10.00 Å². The molecule has 0 radical (unpaired) electrons. The van der Waals surface area contributed by atoms with E-state index in [2.05, 4.69) is 26.1 Å². The second kappa shape index (κ2) is 9.20. The molecule has 1 aromatic carbocycles. The van der Waals surface area contributed by atoms with Gasteiger partial charge in [0.2, 0.25) is 0 Å². The molecule has 1 atom stereocenters. The van der Waals surface area contributed by atoms with E-state index in [1.165, 1.54) is 17.7 Å². The third-order valence-electron chi connectivity index (χ3n) is 5.58. The Hall–Kier alpha value is -3.07. The SMILES string of the molecule is CN(C)c1ncccc1CN1CCC(c2cc(COc3cccc(C(F)(F)F)c3)[nH]n2)C1. The van der Waals surface area contributed by atoms with Crippen molar-refractivity contribution in [2.24, 2.45) is 0 Å². The second-order valence-electron chi connectivity index (χ2n) is 8.23. The van der Waals surface area contributed by atoms with E-state index in [9.17, 15) is 13.2 Å². The first-order chi connectivity index (χ1) is 15.3. The second-order valence-corrected chi connectivity index (χ2v) is 8.23. The van der Waals surface area contributed by atoms with Crippen LogP contribution in [-0.4, -0.2) is 47.3 Å². The molecular formula is C23H26F3N5O. The molecule has 2 aromatic heterocycles. The van der Waals surface area contributed by atoms with Gasteiger partial charge < -0.3 is 9.64 Å². The number of ether oxygens (including phenoxy) is 1. The number of H-pyrrole nitrogens is 1. The summed E-state index contributed by atoms with van der Waals surface area (Å²) in [5.41, 5.74) is 2.15. The van der Waals surface area contributed by atoms with Crippen molar-refractivity contribution in [3.8, 4) is 5.75 Å². The van der Waals surface area contributed by atoms with Gasteiger partial charge in [0.1, 0.15) is 18.2 Å². The van der Waals surface area contributed by atoms with E-state index in [0.717, 1.165) is 55.4 Å². The third-order valence-corrected chi connectivity index (χ3v) is 5.58. The first kappa shape index (κ1) is 22.1. The summed E-state index contributed by atoms with van der Waals surface area (Å²) in [6, 6.07) is 10.9. The molecule has 1 N–H and O–H groups in total. The summed E-state index contributed by atoms with van der Waals surface area (Å²) in [6.07, 6.45) is -1.59. The van der Waals surface area contributed by atoms with Crippen molar-refractivity contribution in [1.29, 1.82) is 0 Å². The number of aromatic nitrogens is 3. The molecule has 1 unspecified atom stereocenters. The summed E-state index contributed by atoms with van der Waals surface area (Å²) in [6.45, 7) is 2.82. The summed E-state index contributed by atoms with van der Waals surface area (Å²) in [4.78, 5) is 8.88. The van der Waals surface area contributed by atoms with Crippen LogP contribution in [0, 0.1) is 0 Å². The maximum absolute atomic E-state index is 12.9. The molecule has 0 bridgehead atoms. The van der Waals surface area contributed by atoms with E-state index in [1.807, 2.05) is 31.1 Å². The van der Waals surface area contributed by atoms with Gasteiger partial charge in [-0.15, -0.1) is 0 Å². The predicted molar refractivity (Wildman–Crippen MR) is 116 cm³/mol. The first-order valence-corrected chi connectivity index (χ1v) is 10.5. The number of halogens is 3. The molecule has 1 saturated heterocycles. The molecule has 3 heterocycles. The zero-order valence-corrected chi connectivity index (χ0v) is 18.1. The molecule has 0 amide bonds. The summed E-state index contributed by atoms with van der Waals surface area (Å²) < 4.78 is 44.1. The largest absolute Gasteiger partial charge is 0.487 e. The van der Waals surface area contributed by atoms with Crippen LogP contribution in [0.25, 0.3) is 0 Å². The van der Waals surface area contributed by atoms with Crippen LogP contribution in [0.4, 0.5) is 19.0 Å². The number of hydrogen-bond donors (Lipinski definition) is 1. The Bertz CT molecular complexity index is 1050. The number of hydrogen-bond acceptors (Lipinski definition) is 5. The number of aromatic amines is 1. The molecule has 1 aliphatic heterocycles. The molecule has 3 aromatic rings. The minimum absolute atomic E-state index is 0.132. The molecule has 170 valence electrons. The van der Waals surface area contributed by atoms with Gasteiger partial charge in [0, 0.05) is 44.9 Å². The van der Waals surface area contributed by atoms with Crippen LogP contribution in [0.5, 0.6) is 5.75 Å². The van der Waals surface area contributed by atoms with Gasteiger partial charge in [-0.1, -0.05) is 12.1 Å². The van der Waals surface area contributed by atoms with Crippen molar-refractivity contribution in [3.05, 3.63) is 71.2 Å². The third kappa shape index (κ3) is 5.21. The fraction of sp³-hybridized carbons (Fsp3) is 0.391. The molecule has 0 aliphatic carbocycles. The molecule has 9 heteroatoms. The topological polar surface area (TPSA) is 57.3 Å². The smallest absolute Gasteiger partial charge is 0.416 e. The van der Waals surface area contributed by atoms with E-state index >= 15 is 0 Å². The number of likely N-dealkylation sites (tertiary alicyclic amines) is 1. The Labute approximate surface area is 185 Å². The molecule has 6 nitrogen and oxygen atoms in total. The fourth-order valence-electron chi connectivity index (χ4n) is 4.00. The Kier molecular flexibility index (Phi) is 6.36. The van der Waals surface area contributed by atoms with E-state index in [-0.39, 0.29) is 12.4 Å². The quantitative estimate of drug-likeness (QED) is 0.582. The lowest BCUT2D eigenvalue weighted by Crippen LogP contribution is -2.22. The number of nitrogens with zero attached hydrogens (tertiary/aromatic N) is 4. The van der Waals surface area contributed by atoms with Gasteiger partial charge in [-0.25, -0.2) is 4.98 Å². The highest BCUT2D eigenvalue weighted by atomic mass is 19.4. The summed E-state index contributed by atoms with van der Waals surface area (Å²) in [5.74, 6) is 1.45. The number of nitrogens with one attached hydrogen (secondary N) is 1. The normalized spacial score (nSPS) is 17.0. The van der Waals surface area contributed by atoms with Crippen LogP contribution in [0.2, 0.25) is 0 Å². The van der Waals surface area contributed by atoms with Crippen molar-refractivity contribution in [2.45, 2.75) is 31.7 Å². The van der Waals surface area contributed by atoms with E-state index in [1.54, 1.807) is 6.20 Å². The van der Waals surface area contributed by atoms with Crippen LogP contribution < -0.4 is 9.64 Å². The lowest BCUT2D eigenvalue weighted by molar-refractivity contribution is -0.137.